The Balaban J connectivity index is 1.63. The molecular formula is C22H29N3O. The Labute approximate surface area is 156 Å². The number of carbonyl (C=O) groups is 1. The fraction of sp³-hybridized carbons (Fsp3) is 0.455. The van der Waals surface area contributed by atoms with Crippen LogP contribution in [0.25, 0.3) is 11.3 Å². The van der Waals surface area contributed by atoms with Gasteiger partial charge < -0.3 is 5.32 Å². The number of pyridine rings is 1. The summed E-state index contributed by atoms with van der Waals surface area (Å²) in [6.07, 6.45) is 6.87. The molecule has 0 bridgehead atoms. The third-order valence-corrected chi connectivity index (χ3v) is 5.42. The van der Waals surface area contributed by atoms with Gasteiger partial charge in [0.2, 0.25) is 0 Å². The Kier molecular flexibility index (Phi) is 6.40. The van der Waals surface area contributed by atoms with Crippen molar-refractivity contribution in [3.63, 3.8) is 0 Å². The van der Waals surface area contributed by atoms with Crippen LogP contribution >= 0.6 is 0 Å². The van der Waals surface area contributed by atoms with Crippen molar-refractivity contribution in [2.45, 2.75) is 45.6 Å². The van der Waals surface area contributed by atoms with E-state index in [1.807, 2.05) is 43.3 Å². The van der Waals surface area contributed by atoms with Crippen molar-refractivity contribution in [3.05, 3.63) is 53.7 Å². The standard InChI is InChI=1S/C22H29N3O/c1-3-18-9-5-7-15-25(18)16-14-24-22(26)20-11-8-10-19(17(20)2)21-12-4-6-13-23-21/h4,6,8,10-13,18H,3,5,7,9,14-16H2,1-2H3,(H,24,26). The van der Waals surface area contributed by atoms with E-state index >= 15 is 0 Å². The maximum atomic E-state index is 12.7. The molecule has 1 aliphatic heterocycles. The average molecular weight is 351 g/mol. The van der Waals surface area contributed by atoms with Crippen LogP contribution in [0.2, 0.25) is 0 Å². The smallest absolute Gasteiger partial charge is 0.251 e. The highest BCUT2D eigenvalue weighted by Gasteiger charge is 2.20. The van der Waals surface area contributed by atoms with E-state index in [0.29, 0.717) is 12.6 Å². The number of aromatic nitrogens is 1. The van der Waals surface area contributed by atoms with E-state index in [0.717, 1.165) is 35.5 Å². The molecule has 2 heterocycles. The number of nitrogens with one attached hydrogen (secondary N) is 1. The molecule has 1 saturated heterocycles. The van der Waals surface area contributed by atoms with Gasteiger partial charge in [-0.2, -0.15) is 0 Å². The monoisotopic (exact) mass is 351 g/mol. The summed E-state index contributed by atoms with van der Waals surface area (Å²) in [7, 11) is 0. The lowest BCUT2D eigenvalue weighted by Crippen LogP contribution is -2.43. The number of benzene rings is 1. The van der Waals surface area contributed by atoms with Crippen LogP contribution in [0.15, 0.2) is 42.6 Å². The van der Waals surface area contributed by atoms with Gasteiger partial charge in [-0.1, -0.05) is 31.5 Å². The Morgan fingerprint density at radius 1 is 1.23 bits per heavy atom. The van der Waals surface area contributed by atoms with Crippen molar-refractivity contribution in [2.24, 2.45) is 0 Å². The Hall–Kier alpha value is -2.20. The molecule has 1 unspecified atom stereocenters. The van der Waals surface area contributed by atoms with Crippen molar-refractivity contribution in [1.82, 2.24) is 15.2 Å². The number of amides is 1. The summed E-state index contributed by atoms with van der Waals surface area (Å²) < 4.78 is 0. The fourth-order valence-corrected chi connectivity index (χ4v) is 3.91. The minimum Gasteiger partial charge on any atom is -0.351 e. The van der Waals surface area contributed by atoms with Crippen LogP contribution in [0, 0.1) is 6.92 Å². The number of carbonyl (C=O) groups excluding carboxylic acids is 1. The largest absolute Gasteiger partial charge is 0.351 e. The lowest BCUT2D eigenvalue weighted by molar-refractivity contribution is 0.0933. The second-order valence-electron chi connectivity index (χ2n) is 7.04. The minimum atomic E-state index is 0.00494. The minimum absolute atomic E-state index is 0.00494. The SMILES string of the molecule is CCC1CCCCN1CCNC(=O)c1cccc(-c2ccccn2)c1C. The summed E-state index contributed by atoms with van der Waals surface area (Å²) in [4.78, 5) is 19.6. The highest BCUT2D eigenvalue weighted by atomic mass is 16.1. The Morgan fingerprint density at radius 2 is 2.12 bits per heavy atom. The van der Waals surface area contributed by atoms with E-state index < -0.39 is 0 Å². The van der Waals surface area contributed by atoms with Crippen LogP contribution < -0.4 is 5.32 Å². The molecule has 1 aromatic carbocycles. The molecule has 0 spiro atoms. The van der Waals surface area contributed by atoms with E-state index in [9.17, 15) is 4.79 Å². The molecule has 0 aliphatic carbocycles. The highest BCUT2D eigenvalue weighted by Crippen LogP contribution is 2.24. The van der Waals surface area contributed by atoms with E-state index in [2.05, 4.69) is 22.1 Å². The Morgan fingerprint density at radius 3 is 2.88 bits per heavy atom. The van der Waals surface area contributed by atoms with Gasteiger partial charge in [-0.05, 0) is 56.5 Å². The maximum absolute atomic E-state index is 12.7. The summed E-state index contributed by atoms with van der Waals surface area (Å²) in [5, 5.41) is 3.11. The van der Waals surface area contributed by atoms with Gasteiger partial charge in [0.15, 0.2) is 0 Å². The third-order valence-electron chi connectivity index (χ3n) is 5.42. The number of piperidine rings is 1. The van der Waals surface area contributed by atoms with Crippen molar-refractivity contribution in [3.8, 4) is 11.3 Å². The Bertz CT molecular complexity index is 729. The van der Waals surface area contributed by atoms with Crippen molar-refractivity contribution in [1.29, 1.82) is 0 Å². The van der Waals surface area contributed by atoms with Gasteiger partial charge in [-0.3, -0.25) is 14.7 Å². The molecule has 0 saturated carbocycles. The van der Waals surface area contributed by atoms with E-state index in [4.69, 9.17) is 0 Å². The quantitative estimate of drug-likeness (QED) is 0.854. The van der Waals surface area contributed by atoms with Crippen molar-refractivity contribution in [2.75, 3.05) is 19.6 Å². The van der Waals surface area contributed by atoms with Crippen molar-refractivity contribution < 1.29 is 4.79 Å². The second-order valence-corrected chi connectivity index (χ2v) is 7.04. The first-order valence-corrected chi connectivity index (χ1v) is 9.74. The summed E-state index contributed by atoms with van der Waals surface area (Å²) in [5.41, 5.74) is 3.63. The van der Waals surface area contributed by atoms with E-state index in [-0.39, 0.29) is 5.91 Å². The van der Waals surface area contributed by atoms with E-state index in [1.54, 1.807) is 6.20 Å². The highest BCUT2D eigenvalue weighted by molar-refractivity contribution is 5.97. The number of rotatable bonds is 6. The number of likely N-dealkylation sites (tertiary alicyclic amines) is 1. The van der Waals surface area contributed by atoms with Crippen LogP contribution in [0.5, 0.6) is 0 Å². The predicted molar refractivity (Wildman–Crippen MR) is 106 cm³/mol. The first-order chi connectivity index (χ1) is 12.7. The topological polar surface area (TPSA) is 45.2 Å². The summed E-state index contributed by atoms with van der Waals surface area (Å²) in [6.45, 7) is 7.04. The molecule has 0 radical (unpaired) electrons. The van der Waals surface area contributed by atoms with Gasteiger partial charge in [-0.25, -0.2) is 0 Å². The van der Waals surface area contributed by atoms with Gasteiger partial charge in [-0.15, -0.1) is 0 Å². The molecular weight excluding hydrogens is 322 g/mol. The number of hydrogen-bond donors (Lipinski definition) is 1. The third kappa shape index (κ3) is 4.31. The molecule has 1 fully saturated rings. The van der Waals surface area contributed by atoms with Gasteiger partial charge in [0.1, 0.15) is 0 Å². The molecule has 1 aromatic heterocycles. The molecule has 3 rings (SSSR count). The summed E-state index contributed by atoms with van der Waals surface area (Å²) in [6, 6.07) is 12.4. The zero-order chi connectivity index (χ0) is 18.4. The molecule has 4 heteroatoms. The fourth-order valence-electron chi connectivity index (χ4n) is 3.91. The molecule has 1 atom stereocenters. The van der Waals surface area contributed by atoms with Crippen LogP contribution in [0.1, 0.15) is 48.5 Å². The first kappa shape index (κ1) is 18.6. The van der Waals surface area contributed by atoms with Gasteiger partial charge in [0.05, 0.1) is 5.69 Å². The summed E-state index contributed by atoms with van der Waals surface area (Å²) >= 11 is 0. The molecule has 1 N–H and O–H groups in total. The molecule has 1 amide bonds. The lowest BCUT2D eigenvalue weighted by atomic mass is 9.99. The van der Waals surface area contributed by atoms with Gasteiger partial charge in [0, 0.05) is 36.5 Å². The first-order valence-electron chi connectivity index (χ1n) is 9.74. The van der Waals surface area contributed by atoms with E-state index in [1.165, 1.54) is 25.7 Å². The van der Waals surface area contributed by atoms with Crippen LogP contribution in [-0.4, -0.2) is 41.5 Å². The normalized spacial score (nSPS) is 17.8. The summed E-state index contributed by atoms with van der Waals surface area (Å²) in [5.74, 6) is 0.00494. The molecule has 4 nitrogen and oxygen atoms in total. The molecule has 26 heavy (non-hydrogen) atoms. The zero-order valence-electron chi connectivity index (χ0n) is 15.9. The van der Waals surface area contributed by atoms with Crippen molar-refractivity contribution >= 4 is 5.91 Å². The van der Waals surface area contributed by atoms with Crippen LogP contribution in [-0.2, 0) is 0 Å². The van der Waals surface area contributed by atoms with Gasteiger partial charge in [0.25, 0.3) is 5.91 Å². The van der Waals surface area contributed by atoms with Gasteiger partial charge >= 0.3 is 0 Å². The predicted octanol–water partition coefficient (Wildman–Crippen LogP) is 4.05. The molecule has 138 valence electrons. The lowest BCUT2D eigenvalue weighted by Gasteiger charge is -2.35. The molecule has 1 aliphatic rings. The van der Waals surface area contributed by atoms with Crippen LogP contribution in [0.4, 0.5) is 0 Å². The maximum Gasteiger partial charge on any atom is 0.251 e. The zero-order valence-corrected chi connectivity index (χ0v) is 15.9. The van der Waals surface area contributed by atoms with Crippen LogP contribution in [0.3, 0.4) is 0 Å². The molecule has 2 aromatic rings. The second kappa shape index (κ2) is 8.95. The number of hydrogen-bond acceptors (Lipinski definition) is 3. The average Bonchev–Trinajstić information content (AvgIpc) is 2.69. The number of nitrogens with zero attached hydrogens (tertiary/aromatic N) is 2.